The Balaban J connectivity index is 1.85. The molecular weight excluding hydrogens is 366 g/mol. The first-order valence-corrected chi connectivity index (χ1v) is 9.09. The fraction of sp³-hybridized carbons (Fsp3) is 0.0870. The Labute approximate surface area is 167 Å². The Morgan fingerprint density at radius 3 is 2.45 bits per heavy atom. The van der Waals surface area contributed by atoms with Gasteiger partial charge in [0.25, 0.3) is 11.5 Å². The van der Waals surface area contributed by atoms with Crippen molar-refractivity contribution in [2.75, 3.05) is 12.4 Å². The fourth-order valence-corrected chi connectivity index (χ4v) is 3.20. The summed E-state index contributed by atoms with van der Waals surface area (Å²) in [5, 5.41) is 3.88. The SMILES string of the molecule is COc1ccc(-n2cc(C(=O)Nc3cc(C)ccn3)c3ccccc3c2=O)cc1. The lowest BCUT2D eigenvalue weighted by Crippen LogP contribution is -2.22. The van der Waals surface area contributed by atoms with E-state index in [9.17, 15) is 9.59 Å². The minimum atomic E-state index is -0.332. The Morgan fingerprint density at radius 2 is 1.76 bits per heavy atom. The number of carbonyl (C=O) groups excluding carboxylic acids is 1. The molecule has 0 spiro atoms. The minimum absolute atomic E-state index is 0.198. The topological polar surface area (TPSA) is 73.2 Å². The maximum Gasteiger partial charge on any atom is 0.262 e. The molecule has 2 aromatic carbocycles. The van der Waals surface area contributed by atoms with E-state index in [4.69, 9.17) is 4.74 Å². The van der Waals surface area contributed by atoms with Crippen molar-refractivity contribution in [2.45, 2.75) is 6.92 Å². The molecule has 1 N–H and O–H groups in total. The second kappa shape index (κ2) is 7.59. The number of amides is 1. The van der Waals surface area contributed by atoms with E-state index in [0.29, 0.717) is 33.6 Å². The first-order chi connectivity index (χ1) is 14.1. The van der Waals surface area contributed by atoms with Gasteiger partial charge in [-0.1, -0.05) is 18.2 Å². The van der Waals surface area contributed by atoms with Crippen molar-refractivity contribution >= 4 is 22.5 Å². The van der Waals surface area contributed by atoms with E-state index in [2.05, 4.69) is 10.3 Å². The average molecular weight is 385 g/mol. The third kappa shape index (κ3) is 3.60. The number of anilines is 1. The molecule has 0 aliphatic carbocycles. The molecule has 4 rings (SSSR count). The van der Waals surface area contributed by atoms with E-state index in [0.717, 1.165) is 5.56 Å². The van der Waals surface area contributed by atoms with E-state index in [1.807, 2.05) is 13.0 Å². The van der Waals surface area contributed by atoms with Gasteiger partial charge in [-0.15, -0.1) is 0 Å². The van der Waals surface area contributed by atoms with E-state index >= 15 is 0 Å². The molecule has 1 amide bonds. The standard InChI is InChI=1S/C23H19N3O3/c1-15-11-12-24-21(13-15)25-22(27)20-14-26(16-7-9-17(29-2)10-8-16)23(28)19-6-4-3-5-18(19)20/h3-14H,1-2H3,(H,24,25,27). The van der Waals surface area contributed by atoms with Crippen LogP contribution in [0.4, 0.5) is 5.82 Å². The summed E-state index contributed by atoms with van der Waals surface area (Å²) in [6, 6.07) is 17.8. The average Bonchev–Trinajstić information content (AvgIpc) is 2.74. The highest BCUT2D eigenvalue weighted by Gasteiger charge is 2.16. The van der Waals surface area contributed by atoms with Gasteiger partial charge in [-0.25, -0.2) is 4.98 Å². The van der Waals surface area contributed by atoms with Gasteiger partial charge >= 0.3 is 0 Å². The molecule has 0 aliphatic heterocycles. The highest BCUT2D eigenvalue weighted by molar-refractivity contribution is 6.12. The molecule has 2 aromatic heterocycles. The molecule has 0 aliphatic rings. The zero-order valence-electron chi connectivity index (χ0n) is 16.0. The smallest absolute Gasteiger partial charge is 0.262 e. The molecule has 2 heterocycles. The molecule has 144 valence electrons. The lowest BCUT2D eigenvalue weighted by atomic mass is 10.1. The van der Waals surface area contributed by atoms with Crippen molar-refractivity contribution in [1.29, 1.82) is 0 Å². The Morgan fingerprint density at radius 1 is 1.03 bits per heavy atom. The normalized spacial score (nSPS) is 10.7. The number of nitrogens with one attached hydrogen (secondary N) is 1. The van der Waals surface area contributed by atoms with Gasteiger partial charge in [0.05, 0.1) is 12.7 Å². The molecule has 0 bridgehead atoms. The third-order valence-electron chi connectivity index (χ3n) is 4.68. The van der Waals surface area contributed by atoms with Crippen molar-refractivity contribution in [3.63, 3.8) is 0 Å². The van der Waals surface area contributed by atoms with Crippen LogP contribution in [0.25, 0.3) is 16.5 Å². The van der Waals surface area contributed by atoms with Crippen LogP contribution in [0.1, 0.15) is 15.9 Å². The number of aromatic nitrogens is 2. The number of fused-ring (bicyclic) bond motifs is 1. The Kier molecular flexibility index (Phi) is 4.83. The van der Waals surface area contributed by atoms with E-state index < -0.39 is 0 Å². The Hall–Kier alpha value is -3.93. The molecule has 29 heavy (non-hydrogen) atoms. The highest BCUT2D eigenvalue weighted by Crippen LogP contribution is 2.20. The summed E-state index contributed by atoms with van der Waals surface area (Å²) in [6.45, 7) is 1.93. The molecule has 0 fully saturated rings. The van der Waals surface area contributed by atoms with E-state index in [1.165, 1.54) is 4.57 Å². The summed E-state index contributed by atoms with van der Waals surface area (Å²) in [5.74, 6) is 0.814. The highest BCUT2D eigenvalue weighted by atomic mass is 16.5. The maximum absolute atomic E-state index is 13.0. The number of hydrogen-bond acceptors (Lipinski definition) is 4. The number of pyridine rings is 2. The van der Waals surface area contributed by atoms with Gasteiger partial charge in [0.2, 0.25) is 0 Å². The van der Waals surface area contributed by atoms with Crippen LogP contribution in [-0.2, 0) is 0 Å². The predicted octanol–water partition coefficient (Wildman–Crippen LogP) is 3.96. The zero-order chi connectivity index (χ0) is 20.4. The minimum Gasteiger partial charge on any atom is -0.497 e. The van der Waals surface area contributed by atoms with Crippen LogP contribution in [0, 0.1) is 6.92 Å². The van der Waals surface area contributed by atoms with Crippen LogP contribution in [0.15, 0.2) is 77.9 Å². The van der Waals surface area contributed by atoms with Gasteiger partial charge in [-0.05, 0) is 55.0 Å². The summed E-state index contributed by atoms with van der Waals surface area (Å²) in [4.78, 5) is 30.3. The quantitative estimate of drug-likeness (QED) is 0.577. The lowest BCUT2D eigenvalue weighted by Gasteiger charge is -2.13. The van der Waals surface area contributed by atoms with Crippen LogP contribution in [0.3, 0.4) is 0 Å². The van der Waals surface area contributed by atoms with Crippen LogP contribution in [0.5, 0.6) is 5.75 Å². The molecule has 0 unspecified atom stereocenters. The largest absolute Gasteiger partial charge is 0.497 e. The van der Waals surface area contributed by atoms with Gasteiger partial charge in [-0.2, -0.15) is 0 Å². The summed E-state index contributed by atoms with van der Waals surface area (Å²) in [6.07, 6.45) is 3.21. The van der Waals surface area contributed by atoms with Gasteiger partial charge in [0, 0.05) is 28.9 Å². The first-order valence-electron chi connectivity index (χ1n) is 9.09. The van der Waals surface area contributed by atoms with Crippen molar-refractivity contribution < 1.29 is 9.53 Å². The number of carbonyl (C=O) groups is 1. The molecule has 6 nitrogen and oxygen atoms in total. The van der Waals surface area contributed by atoms with Crippen molar-refractivity contribution in [1.82, 2.24) is 9.55 Å². The number of rotatable bonds is 4. The van der Waals surface area contributed by atoms with Gasteiger partial charge in [0.1, 0.15) is 11.6 Å². The number of methoxy groups -OCH3 is 1. The summed E-state index contributed by atoms with van der Waals surface area (Å²) in [7, 11) is 1.58. The molecule has 0 radical (unpaired) electrons. The molecule has 0 saturated heterocycles. The summed E-state index contributed by atoms with van der Waals surface area (Å²) < 4.78 is 6.66. The molecular formula is C23H19N3O3. The number of nitrogens with zero attached hydrogens (tertiary/aromatic N) is 2. The maximum atomic E-state index is 13.0. The fourth-order valence-electron chi connectivity index (χ4n) is 3.20. The third-order valence-corrected chi connectivity index (χ3v) is 4.68. The monoisotopic (exact) mass is 385 g/mol. The van der Waals surface area contributed by atoms with Crippen LogP contribution < -0.4 is 15.6 Å². The lowest BCUT2D eigenvalue weighted by molar-refractivity contribution is 0.102. The van der Waals surface area contributed by atoms with E-state index in [1.54, 1.807) is 74.1 Å². The Bertz CT molecular complexity index is 1260. The second-order valence-corrected chi connectivity index (χ2v) is 6.63. The van der Waals surface area contributed by atoms with Crippen LogP contribution in [0.2, 0.25) is 0 Å². The molecule has 0 saturated carbocycles. The number of aryl methyl sites for hydroxylation is 1. The van der Waals surface area contributed by atoms with Gasteiger partial charge in [0.15, 0.2) is 0 Å². The van der Waals surface area contributed by atoms with Crippen molar-refractivity contribution in [3.8, 4) is 11.4 Å². The molecule has 4 aromatic rings. The molecule has 0 atom stereocenters. The van der Waals surface area contributed by atoms with E-state index in [-0.39, 0.29) is 11.5 Å². The van der Waals surface area contributed by atoms with Crippen molar-refractivity contribution in [3.05, 3.63) is 94.5 Å². The number of benzene rings is 2. The second-order valence-electron chi connectivity index (χ2n) is 6.63. The number of ether oxygens (including phenoxy) is 1. The van der Waals surface area contributed by atoms with Crippen LogP contribution >= 0.6 is 0 Å². The first kappa shape index (κ1) is 18.4. The summed E-state index contributed by atoms with van der Waals surface area (Å²) in [5.41, 5.74) is 1.82. The summed E-state index contributed by atoms with van der Waals surface area (Å²) >= 11 is 0. The van der Waals surface area contributed by atoms with Gasteiger partial charge < -0.3 is 10.1 Å². The van der Waals surface area contributed by atoms with Crippen molar-refractivity contribution in [2.24, 2.45) is 0 Å². The predicted molar refractivity (Wildman–Crippen MR) is 113 cm³/mol. The number of hydrogen-bond donors (Lipinski definition) is 1. The molecule has 6 heteroatoms. The van der Waals surface area contributed by atoms with Gasteiger partial charge in [-0.3, -0.25) is 14.2 Å². The zero-order valence-corrected chi connectivity index (χ0v) is 16.0. The van der Waals surface area contributed by atoms with Crippen LogP contribution in [-0.4, -0.2) is 22.6 Å².